The van der Waals surface area contributed by atoms with Gasteiger partial charge in [-0.3, -0.25) is 14.7 Å². The molecule has 28 heavy (non-hydrogen) atoms. The summed E-state index contributed by atoms with van der Waals surface area (Å²) in [5.41, 5.74) is 3.26. The van der Waals surface area contributed by atoms with Gasteiger partial charge in [0.15, 0.2) is 0 Å². The van der Waals surface area contributed by atoms with Crippen molar-refractivity contribution < 1.29 is 14.3 Å². The molecule has 2 fully saturated rings. The number of hydrogen-bond donors (Lipinski definition) is 2. The average Bonchev–Trinajstić information content (AvgIpc) is 3.24. The number of hydrogen-bond acceptors (Lipinski definition) is 4. The first-order valence-electron chi connectivity index (χ1n) is 9.91. The van der Waals surface area contributed by atoms with Gasteiger partial charge in [-0.15, -0.1) is 0 Å². The minimum Gasteiger partial charge on any atom is -0.497 e. The van der Waals surface area contributed by atoms with Crippen molar-refractivity contribution in [2.45, 2.75) is 31.6 Å². The Bertz CT molecular complexity index is 855. The molecule has 0 spiro atoms. The topological polar surface area (TPSA) is 87.3 Å². The second-order valence-corrected chi connectivity index (χ2v) is 7.51. The maximum absolute atomic E-state index is 12.7. The molecule has 1 atom stereocenters. The smallest absolute Gasteiger partial charge is 0.235 e. The van der Waals surface area contributed by atoms with Crippen molar-refractivity contribution in [3.63, 3.8) is 0 Å². The standard InChI is InChI=1S/C21H26N4O3/c1-28-16-5-2-4-15(12-16)18-13-23-24-19(18)14-7-10-25(11-8-14)21(27)17-6-3-9-22-20(17)26/h2,4-5,12-14,17H,3,6-11H2,1H3,(H,22,26)(H,23,24). The van der Waals surface area contributed by atoms with E-state index >= 15 is 0 Å². The third kappa shape index (κ3) is 3.61. The van der Waals surface area contributed by atoms with E-state index in [2.05, 4.69) is 21.6 Å². The molecular formula is C21H26N4O3. The Hall–Kier alpha value is -2.83. The van der Waals surface area contributed by atoms with Crippen LogP contribution in [0.5, 0.6) is 5.75 Å². The molecule has 2 aliphatic rings. The van der Waals surface area contributed by atoms with Gasteiger partial charge in [-0.05, 0) is 43.4 Å². The molecule has 2 aliphatic heterocycles. The minimum atomic E-state index is -0.509. The van der Waals surface area contributed by atoms with Crippen LogP contribution in [0.4, 0.5) is 0 Å². The van der Waals surface area contributed by atoms with Gasteiger partial charge >= 0.3 is 0 Å². The Kier molecular flexibility index (Phi) is 5.32. The van der Waals surface area contributed by atoms with Gasteiger partial charge in [0.2, 0.25) is 11.8 Å². The van der Waals surface area contributed by atoms with Crippen LogP contribution in [0, 0.1) is 5.92 Å². The molecule has 0 saturated carbocycles. The number of methoxy groups -OCH3 is 1. The van der Waals surface area contributed by atoms with Crippen LogP contribution in [0.2, 0.25) is 0 Å². The predicted octanol–water partition coefficient (Wildman–Crippen LogP) is 2.32. The number of amides is 2. The highest BCUT2D eigenvalue weighted by Gasteiger charge is 2.35. The molecule has 1 aromatic heterocycles. The Morgan fingerprint density at radius 2 is 2.07 bits per heavy atom. The molecule has 0 bridgehead atoms. The molecule has 148 valence electrons. The highest BCUT2D eigenvalue weighted by molar-refractivity contribution is 6.00. The maximum atomic E-state index is 12.7. The maximum Gasteiger partial charge on any atom is 0.235 e. The van der Waals surface area contributed by atoms with Gasteiger partial charge in [-0.25, -0.2) is 0 Å². The molecule has 2 aromatic rings. The van der Waals surface area contributed by atoms with E-state index in [4.69, 9.17) is 4.74 Å². The number of carbonyl (C=O) groups is 2. The molecule has 2 saturated heterocycles. The first-order chi connectivity index (χ1) is 13.7. The number of likely N-dealkylation sites (tertiary alicyclic amines) is 1. The summed E-state index contributed by atoms with van der Waals surface area (Å²) in [5, 5.41) is 10.2. The Balaban J connectivity index is 1.44. The normalized spacial score (nSPS) is 20.7. The fourth-order valence-corrected chi connectivity index (χ4v) is 4.24. The van der Waals surface area contributed by atoms with E-state index < -0.39 is 5.92 Å². The number of piperidine rings is 2. The van der Waals surface area contributed by atoms with Gasteiger partial charge in [0, 0.05) is 36.8 Å². The number of ether oxygens (including phenoxy) is 1. The summed E-state index contributed by atoms with van der Waals surface area (Å²) in [4.78, 5) is 26.6. The van der Waals surface area contributed by atoms with Crippen LogP contribution in [0.1, 0.15) is 37.3 Å². The third-order valence-corrected chi connectivity index (χ3v) is 5.85. The molecule has 0 aliphatic carbocycles. The van der Waals surface area contributed by atoms with E-state index in [0.717, 1.165) is 41.8 Å². The Morgan fingerprint density at radius 3 is 2.82 bits per heavy atom. The fraction of sp³-hybridized carbons (Fsp3) is 0.476. The molecule has 0 radical (unpaired) electrons. The number of nitrogens with one attached hydrogen (secondary N) is 2. The van der Waals surface area contributed by atoms with Crippen LogP contribution in [0.3, 0.4) is 0 Å². The lowest BCUT2D eigenvalue weighted by Gasteiger charge is -2.34. The second-order valence-electron chi connectivity index (χ2n) is 7.51. The average molecular weight is 382 g/mol. The van der Waals surface area contributed by atoms with Gasteiger partial charge in [0.05, 0.1) is 13.3 Å². The summed E-state index contributed by atoms with van der Waals surface area (Å²) < 4.78 is 5.34. The van der Waals surface area contributed by atoms with Crippen LogP contribution in [0.25, 0.3) is 11.1 Å². The van der Waals surface area contributed by atoms with E-state index in [0.29, 0.717) is 32.0 Å². The van der Waals surface area contributed by atoms with Crippen molar-refractivity contribution in [3.8, 4) is 16.9 Å². The highest BCUT2D eigenvalue weighted by atomic mass is 16.5. The van der Waals surface area contributed by atoms with Gasteiger partial charge in [-0.2, -0.15) is 5.10 Å². The zero-order valence-electron chi connectivity index (χ0n) is 16.1. The third-order valence-electron chi connectivity index (χ3n) is 5.85. The fourth-order valence-electron chi connectivity index (χ4n) is 4.24. The van der Waals surface area contributed by atoms with Crippen molar-refractivity contribution in [1.82, 2.24) is 20.4 Å². The van der Waals surface area contributed by atoms with Crippen molar-refractivity contribution >= 4 is 11.8 Å². The van der Waals surface area contributed by atoms with Crippen molar-refractivity contribution in [2.24, 2.45) is 5.92 Å². The van der Waals surface area contributed by atoms with Crippen LogP contribution in [-0.2, 0) is 9.59 Å². The van der Waals surface area contributed by atoms with Crippen molar-refractivity contribution in [3.05, 3.63) is 36.2 Å². The van der Waals surface area contributed by atoms with E-state index in [9.17, 15) is 9.59 Å². The molecule has 4 rings (SSSR count). The van der Waals surface area contributed by atoms with Crippen LogP contribution >= 0.6 is 0 Å². The molecule has 2 amide bonds. The molecule has 3 heterocycles. The second kappa shape index (κ2) is 8.04. The van der Waals surface area contributed by atoms with Crippen molar-refractivity contribution in [1.29, 1.82) is 0 Å². The number of aromatic nitrogens is 2. The predicted molar refractivity (Wildman–Crippen MR) is 105 cm³/mol. The quantitative estimate of drug-likeness (QED) is 0.795. The number of nitrogens with zero attached hydrogens (tertiary/aromatic N) is 2. The minimum absolute atomic E-state index is 0.0201. The number of H-pyrrole nitrogens is 1. The zero-order chi connectivity index (χ0) is 19.5. The molecular weight excluding hydrogens is 356 g/mol. The number of carbonyl (C=O) groups excluding carboxylic acids is 2. The largest absolute Gasteiger partial charge is 0.497 e. The summed E-state index contributed by atoms with van der Waals surface area (Å²) in [6.45, 7) is 2.02. The SMILES string of the molecule is COc1cccc(-c2cn[nH]c2C2CCN(C(=O)C3CCCNC3=O)CC2)c1. The highest BCUT2D eigenvalue weighted by Crippen LogP contribution is 2.35. The Labute approximate surface area is 164 Å². The molecule has 2 N–H and O–H groups in total. The number of aromatic amines is 1. The van der Waals surface area contributed by atoms with Crippen LogP contribution < -0.4 is 10.1 Å². The summed E-state index contributed by atoms with van der Waals surface area (Å²) in [5.74, 6) is 0.481. The summed E-state index contributed by atoms with van der Waals surface area (Å²) in [6, 6.07) is 7.96. The van der Waals surface area contributed by atoms with Crippen molar-refractivity contribution in [2.75, 3.05) is 26.7 Å². The van der Waals surface area contributed by atoms with Gasteiger partial charge in [-0.1, -0.05) is 12.1 Å². The van der Waals surface area contributed by atoms with Crippen LogP contribution in [0.15, 0.2) is 30.5 Å². The lowest BCUT2D eigenvalue weighted by atomic mass is 9.88. The molecule has 7 heteroatoms. The lowest BCUT2D eigenvalue weighted by molar-refractivity contribution is -0.144. The number of benzene rings is 1. The van der Waals surface area contributed by atoms with E-state index in [-0.39, 0.29) is 11.8 Å². The summed E-state index contributed by atoms with van der Waals surface area (Å²) >= 11 is 0. The van der Waals surface area contributed by atoms with E-state index in [1.165, 1.54) is 0 Å². The summed E-state index contributed by atoms with van der Waals surface area (Å²) in [7, 11) is 1.66. The van der Waals surface area contributed by atoms with E-state index in [1.54, 1.807) is 7.11 Å². The van der Waals surface area contributed by atoms with E-state index in [1.807, 2.05) is 29.3 Å². The van der Waals surface area contributed by atoms with Crippen LogP contribution in [-0.4, -0.2) is 53.7 Å². The number of rotatable bonds is 4. The molecule has 7 nitrogen and oxygen atoms in total. The monoisotopic (exact) mass is 382 g/mol. The summed E-state index contributed by atoms with van der Waals surface area (Å²) in [6.07, 6.45) is 5.11. The molecule has 1 unspecified atom stereocenters. The lowest BCUT2D eigenvalue weighted by Crippen LogP contribution is -2.48. The molecule has 1 aromatic carbocycles. The van der Waals surface area contributed by atoms with Gasteiger partial charge in [0.1, 0.15) is 11.7 Å². The zero-order valence-corrected chi connectivity index (χ0v) is 16.1. The first kappa shape index (κ1) is 18.5. The van der Waals surface area contributed by atoms with Gasteiger partial charge < -0.3 is 15.0 Å². The first-order valence-corrected chi connectivity index (χ1v) is 9.91. The van der Waals surface area contributed by atoms with Gasteiger partial charge in [0.25, 0.3) is 0 Å². The Morgan fingerprint density at radius 1 is 1.25 bits per heavy atom.